The van der Waals surface area contributed by atoms with Gasteiger partial charge in [0.25, 0.3) is 5.91 Å². The van der Waals surface area contributed by atoms with Gasteiger partial charge in [-0.3, -0.25) is 19.6 Å². The fraction of sp³-hybridized carbons (Fsp3) is 0.200. The minimum absolute atomic E-state index is 0.147. The van der Waals surface area contributed by atoms with E-state index in [2.05, 4.69) is 9.97 Å². The van der Waals surface area contributed by atoms with Crippen LogP contribution >= 0.6 is 0 Å². The average molecular weight is 314 g/mol. The summed E-state index contributed by atoms with van der Waals surface area (Å²) in [7, 11) is 0. The van der Waals surface area contributed by atoms with Crippen molar-refractivity contribution in [3.8, 4) is 0 Å². The van der Waals surface area contributed by atoms with Gasteiger partial charge in [-0.15, -0.1) is 0 Å². The molecule has 0 radical (unpaired) electrons. The maximum Gasteiger partial charge on any atom is 0.268 e. The zero-order valence-electron chi connectivity index (χ0n) is 12.4. The van der Waals surface area contributed by atoms with Crippen LogP contribution in [-0.2, 0) is 17.6 Å². The summed E-state index contributed by atoms with van der Waals surface area (Å²) in [6, 6.07) is 7.48. The molecule has 2 aromatic rings. The fourth-order valence-electron chi connectivity index (χ4n) is 2.00. The summed E-state index contributed by atoms with van der Waals surface area (Å²) in [6.07, 6.45) is 4.14. The number of nitrogens with two attached hydrogens (primary N) is 3. The Kier molecular flexibility index (Phi) is 5.34. The molecule has 0 saturated heterocycles. The zero-order chi connectivity index (χ0) is 16.8. The van der Waals surface area contributed by atoms with Crippen LogP contribution in [0, 0.1) is 0 Å². The highest BCUT2D eigenvalue weighted by Crippen LogP contribution is 2.14. The molecule has 1 aromatic heterocycles. The molecular formula is C15H18N6O2. The third-order valence-corrected chi connectivity index (χ3v) is 3.39. The zero-order valence-corrected chi connectivity index (χ0v) is 12.4. The van der Waals surface area contributed by atoms with Crippen LogP contribution in [0.2, 0.25) is 0 Å². The highest BCUT2D eigenvalue weighted by molar-refractivity contribution is 5.90. The van der Waals surface area contributed by atoms with E-state index in [1.807, 2.05) is 24.3 Å². The molecule has 0 bridgehead atoms. The summed E-state index contributed by atoms with van der Waals surface area (Å²) in [4.78, 5) is 29.6. The number of hydrogen-bond acceptors (Lipinski definition) is 6. The average Bonchev–Trinajstić information content (AvgIpc) is 2.59. The number of amides is 2. The highest BCUT2D eigenvalue weighted by Gasteiger charge is 2.10. The molecule has 1 atom stereocenters. The second-order valence-corrected chi connectivity index (χ2v) is 5.00. The first-order valence-corrected chi connectivity index (χ1v) is 6.94. The third-order valence-electron chi connectivity index (χ3n) is 3.39. The van der Waals surface area contributed by atoms with E-state index in [1.165, 1.54) is 6.20 Å². The summed E-state index contributed by atoms with van der Waals surface area (Å²) < 4.78 is 0. The van der Waals surface area contributed by atoms with E-state index in [0.29, 0.717) is 12.8 Å². The largest absolute Gasteiger partial charge is 0.364 e. The van der Waals surface area contributed by atoms with Gasteiger partial charge < -0.3 is 11.5 Å². The Labute approximate surface area is 133 Å². The van der Waals surface area contributed by atoms with Crippen molar-refractivity contribution in [3.63, 3.8) is 0 Å². The van der Waals surface area contributed by atoms with Gasteiger partial charge >= 0.3 is 0 Å². The molecule has 2 rings (SSSR count). The SMILES string of the molecule is NC(=O)c1cnc(CCc2ccc(C(N)N(N)C=O)cc2)cn1. The van der Waals surface area contributed by atoms with Crippen molar-refractivity contribution in [2.75, 3.05) is 0 Å². The number of aryl methyl sites for hydroxylation is 2. The van der Waals surface area contributed by atoms with Crippen LogP contribution < -0.4 is 17.3 Å². The molecule has 8 nitrogen and oxygen atoms in total. The molecular weight excluding hydrogens is 296 g/mol. The van der Waals surface area contributed by atoms with E-state index in [-0.39, 0.29) is 5.69 Å². The number of nitrogens with zero attached hydrogens (tertiary/aromatic N) is 3. The predicted molar refractivity (Wildman–Crippen MR) is 83.4 cm³/mol. The lowest BCUT2D eigenvalue weighted by Gasteiger charge is -2.19. The van der Waals surface area contributed by atoms with Crippen LogP contribution in [0.1, 0.15) is 33.5 Å². The van der Waals surface area contributed by atoms with Gasteiger partial charge in [-0.1, -0.05) is 24.3 Å². The smallest absolute Gasteiger partial charge is 0.268 e. The van der Waals surface area contributed by atoms with E-state index in [4.69, 9.17) is 17.3 Å². The Morgan fingerprint density at radius 2 is 1.87 bits per heavy atom. The lowest BCUT2D eigenvalue weighted by Crippen LogP contribution is -2.38. The minimum Gasteiger partial charge on any atom is -0.364 e. The Hall–Kier alpha value is -2.84. The summed E-state index contributed by atoms with van der Waals surface area (Å²) >= 11 is 0. The van der Waals surface area contributed by atoms with E-state index in [0.717, 1.165) is 28.3 Å². The fourth-order valence-corrected chi connectivity index (χ4v) is 2.00. The van der Waals surface area contributed by atoms with Gasteiger partial charge in [-0.25, -0.2) is 10.8 Å². The van der Waals surface area contributed by atoms with Crippen molar-refractivity contribution < 1.29 is 9.59 Å². The standard InChI is InChI=1S/C15H18N6O2/c16-14(21(18)9-22)11-4-1-10(2-5-11)3-6-12-7-20-13(8-19-12)15(17)23/h1-2,4-5,7-9,14H,3,6,16,18H2,(H2,17,23). The summed E-state index contributed by atoms with van der Waals surface area (Å²) in [5.74, 6) is 4.85. The number of hydrogen-bond donors (Lipinski definition) is 3. The molecule has 0 saturated carbocycles. The van der Waals surface area contributed by atoms with Crippen LogP contribution in [0.15, 0.2) is 36.7 Å². The molecule has 8 heteroatoms. The van der Waals surface area contributed by atoms with Gasteiger partial charge in [0.1, 0.15) is 11.9 Å². The molecule has 120 valence electrons. The van der Waals surface area contributed by atoms with Crippen LogP contribution in [0.4, 0.5) is 0 Å². The third kappa shape index (κ3) is 4.31. The molecule has 6 N–H and O–H groups in total. The molecule has 0 aliphatic carbocycles. The van der Waals surface area contributed by atoms with Crippen LogP contribution in [0.5, 0.6) is 0 Å². The number of rotatable bonds is 7. The molecule has 0 fully saturated rings. The van der Waals surface area contributed by atoms with Crippen molar-refractivity contribution in [1.82, 2.24) is 15.0 Å². The second kappa shape index (κ2) is 7.43. The number of hydrazine groups is 1. The lowest BCUT2D eigenvalue weighted by atomic mass is 10.0. The highest BCUT2D eigenvalue weighted by atomic mass is 16.1. The molecule has 1 heterocycles. The van der Waals surface area contributed by atoms with Crippen LogP contribution in [-0.4, -0.2) is 27.3 Å². The van der Waals surface area contributed by atoms with E-state index in [1.54, 1.807) is 6.20 Å². The first-order valence-electron chi connectivity index (χ1n) is 6.94. The number of benzene rings is 1. The molecule has 1 unspecified atom stereocenters. The number of primary amides is 1. The maximum atomic E-state index is 10.9. The Balaban J connectivity index is 1.96. The molecule has 1 aromatic carbocycles. The molecule has 23 heavy (non-hydrogen) atoms. The van der Waals surface area contributed by atoms with Gasteiger partial charge in [-0.05, 0) is 24.0 Å². The maximum absolute atomic E-state index is 10.9. The molecule has 0 aliphatic rings. The van der Waals surface area contributed by atoms with Crippen LogP contribution in [0.25, 0.3) is 0 Å². The Morgan fingerprint density at radius 3 is 2.39 bits per heavy atom. The Morgan fingerprint density at radius 1 is 1.17 bits per heavy atom. The van der Waals surface area contributed by atoms with E-state index >= 15 is 0 Å². The molecule has 0 spiro atoms. The van der Waals surface area contributed by atoms with Gasteiger partial charge in [0.05, 0.1) is 11.9 Å². The van der Waals surface area contributed by atoms with Gasteiger partial charge in [0, 0.05) is 6.20 Å². The Bertz CT molecular complexity index is 671. The molecule has 2 amide bonds. The van der Waals surface area contributed by atoms with Gasteiger partial charge in [-0.2, -0.15) is 0 Å². The van der Waals surface area contributed by atoms with Crippen molar-refractivity contribution in [2.24, 2.45) is 17.3 Å². The van der Waals surface area contributed by atoms with Crippen molar-refractivity contribution in [1.29, 1.82) is 0 Å². The number of aromatic nitrogens is 2. The van der Waals surface area contributed by atoms with Gasteiger partial charge in [0.15, 0.2) is 0 Å². The van der Waals surface area contributed by atoms with Crippen molar-refractivity contribution in [3.05, 3.63) is 59.2 Å². The topological polar surface area (TPSA) is 141 Å². The number of carbonyl (C=O) groups is 2. The summed E-state index contributed by atoms with van der Waals surface area (Å²) in [5, 5.41) is 0.908. The predicted octanol–water partition coefficient (Wildman–Crippen LogP) is -0.350. The molecule has 0 aliphatic heterocycles. The first-order chi connectivity index (χ1) is 11.0. The van der Waals surface area contributed by atoms with Crippen molar-refractivity contribution >= 4 is 12.3 Å². The van der Waals surface area contributed by atoms with Crippen LogP contribution in [0.3, 0.4) is 0 Å². The number of carbonyl (C=O) groups excluding carboxylic acids is 2. The van der Waals surface area contributed by atoms with E-state index < -0.39 is 12.1 Å². The lowest BCUT2D eigenvalue weighted by molar-refractivity contribution is -0.120. The summed E-state index contributed by atoms with van der Waals surface area (Å²) in [6.45, 7) is 0. The second-order valence-electron chi connectivity index (χ2n) is 5.00. The first kappa shape index (κ1) is 16.5. The minimum atomic E-state index is -0.672. The summed E-state index contributed by atoms with van der Waals surface area (Å²) in [5.41, 5.74) is 13.7. The monoisotopic (exact) mass is 314 g/mol. The normalized spacial score (nSPS) is 11.7. The van der Waals surface area contributed by atoms with E-state index in [9.17, 15) is 9.59 Å². The van der Waals surface area contributed by atoms with Crippen molar-refractivity contribution in [2.45, 2.75) is 19.0 Å². The van der Waals surface area contributed by atoms with Gasteiger partial charge in [0.2, 0.25) is 6.41 Å². The quantitative estimate of drug-likeness (QED) is 0.210.